The molecule has 7 aromatic rings. The molecule has 0 bridgehead atoms. The Morgan fingerprint density at radius 2 is 1.48 bits per heavy atom. The topological polar surface area (TPSA) is 31.8 Å². The van der Waals surface area contributed by atoms with Crippen molar-refractivity contribution < 1.29 is 20.1 Å². The van der Waals surface area contributed by atoms with Gasteiger partial charge in [-0.15, -0.1) is 58.2 Å². The van der Waals surface area contributed by atoms with E-state index in [0.29, 0.717) is 0 Å². The van der Waals surface area contributed by atoms with Gasteiger partial charge in [0.05, 0.1) is 0 Å². The van der Waals surface area contributed by atoms with Crippen LogP contribution in [-0.2, 0) is 20.1 Å². The van der Waals surface area contributed by atoms with Gasteiger partial charge in [0.1, 0.15) is 10.5 Å². The van der Waals surface area contributed by atoms with E-state index in [2.05, 4.69) is 131 Å². The summed E-state index contributed by atoms with van der Waals surface area (Å²) in [4.78, 5) is 9.97. The molecule has 4 aromatic carbocycles. The second-order valence-electron chi connectivity index (χ2n) is 10.6. The summed E-state index contributed by atoms with van der Waals surface area (Å²) in [6, 6.07) is 45.5. The van der Waals surface area contributed by atoms with Crippen LogP contribution in [0.2, 0.25) is 0 Å². The minimum atomic E-state index is 0. The number of thiophene rings is 1. The van der Waals surface area contributed by atoms with Gasteiger partial charge in [0.15, 0.2) is 0 Å². The van der Waals surface area contributed by atoms with E-state index in [0.717, 1.165) is 38.8 Å². The Balaban J connectivity index is 0.000000183. The molecular weight excluding hydrogens is 737 g/mol. The van der Waals surface area contributed by atoms with Crippen LogP contribution in [-0.4, -0.2) is 16.0 Å². The van der Waals surface area contributed by atoms with Gasteiger partial charge < -0.3 is 4.98 Å². The number of para-hydroxylation sites is 3. The van der Waals surface area contributed by atoms with Gasteiger partial charge >= 0.3 is 6.01 Å². The summed E-state index contributed by atoms with van der Waals surface area (Å²) in [6.07, 6.45) is 3.76. The van der Waals surface area contributed by atoms with Crippen molar-refractivity contribution in [3.8, 4) is 11.3 Å². The fourth-order valence-electron chi connectivity index (χ4n) is 5.11. The fourth-order valence-corrected chi connectivity index (χ4v) is 6.17. The Kier molecular flexibility index (Phi) is 8.43. The molecule has 0 amide bonds. The molecule has 1 aliphatic heterocycles. The van der Waals surface area contributed by atoms with Crippen molar-refractivity contribution in [1.29, 1.82) is 0 Å². The molecule has 0 aliphatic carbocycles. The maximum Gasteiger partial charge on any atom is 0.501 e. The number of aromatic nitrogens is 2. The monoisotopic (exact) mass is 765 g/mol. The Hall–Kier alpha value is -4.57. The molecule has 0 saturated carbocycles. The Morgan fingerprint density at radius 1 is 0.705 bits per heavy atom. The van der Waals surface area contributed by atoms with Crippen LogP contribution in [0.25, 0.3) is 31.6 Å². The molecule has 0 unspecified atom stereocenters. The van der Waals surface area contributed by atoms with Gasteiger partial charge in [-0.3, -0.25) is 0 Å². The molecule has 6 heteroatoms. The van der Waals surface area contributed by atoms with E-state index >= 15 is 0 Å². The van der Waals surface area contributed by atoms with Crippen LogP contribution in [0.1, 0.15) is 16.7 Å². The molecule has 8 rings (SSSR count). The number of hydrogen-bond acceptors (Lipinski definition) is 3. The molecule has 3 aromatic heterocycles. The molecule has 215 valence electrons. The van der Waals surface area contributed by atoms with E-state index < -0.39 is 0 Å². The van der Waals surface area contributed by atoms with Crippen molar-refractivity contribution in [3.63, 3.8) is 0 Å². The first-order valence-electron chi connectivity index (χ1n) is 14.2. The summed E-state index contributed by atoms with van der Waals surface area (Å²) in [5, 5.41) is 2.38. The van der Waals surface area contributed by atoms with Crippen LogP contribution >= 0.6 is 11.3 Å². The maximum atomic E-state index is 4.50. The van der Waals surface area contributed by atoms with E-state index in [1.807, 2.05) is 42.7 Å². The summed E-state index contributed by atoms with van der Waals surface area (Å²) < 4.78 is 5.39. The SMILES string of the molecule is C1=[N+](c2[c-]cc3c(c2)sc2ncccc23)c2ccccc2[N+]=1c1ccccc1.Cc1c[c-]c(-c2cc(C)c(C)cn2)cc1.[Ir]. The van der Waals surface area contributed by atoms with Gasteiger partial charge in [-0.05, 0) is 41.1 Å². The van der Waals surface area contributed by atoms with Crippen molar-refractivity contribution in [1.82, 2.24) is 19.1 Å². The number of pyridine rings is 2. The zero-order valence-corrected chi connectivity index (χ0v) is 27.7. The predicted octanol–water partition coefficient (Wildman–Crippen LogP) is 9.58. The smallest absolute Gasteiger partial charge is 0.304 e. The summed E-state index contributed by atoms with van der Waals surface area (Å²) >= 11 is 1.71. The first kappa shape index (κ1) is 29.5. The third-order valence-corrected chi connectivity index (χ3v) is 8.68. The summed E-state index contributed by atoms with van der Waals surface area (Å²) in [5.74, 6) is 0. The number of rotatable bonds is 3. The van der Waals surface area contributed by atoms with Crippen LogP contribution in [0.3, 0.4) is 0 Å². The standard InChI is InChI=1S/C24H14N3S.C14H14N.Ir/c1-2-7-17(8-3-1)26-16-27(22-11-5-4-10-21(22)26)18-12-13-19-20-9-6-14-25-24(20)28-23(19)15-18;1-10-4-6-13(7-5-10)14-8-11(2)12(3)9-15-14;/h1-11,13-15H;4-6,8-9H,1-3H3;/q+1;-1;. The molecule has 0 saturated heterocycles. The number of aryl methyl sites for hydroxylation is 3. The Morgan fingerprint density at radius 3 is 2.23 bits per heavy atom. The van der Waals surface area contributed by atoms with Gasteiger partial charge in [0, 0.05) is 56.8 Å². The van der Waals surface area contributed by atoms with Gasteiger partial charge in [-0.1, -0.05) is 70.3 Å². The number of nitrogens with zero attached hydrogens (tertiary/aromatic N) is 4. The quantitative estimate of drug-likeness (QED) is 0.133. The van der Waals surface area contributed by atoms with E-state index in [9.17, 15) is 0 Å². The second-order valence-corrected chi connectivity index (χ2v) is 11.6. The van der Waals surface area contributed by atoms with Gasteiger partial charge in [-0.2, -0.15) is 6.07 Å². The van der Waals surface area contributed by atoms with Crippen LogP contribution < -0.4 is 9.15 Å². The van der Waals surface area contributed by atoms with Gasteiger partial charge in [0.25, 0.3) is 11.4 Å². The largest absolute Gasteiger partial charge is 0.501 e. The molecule has 44 heavy (non-hydrogen) atoms. The molecule has 4 nitrogen and oxygen atoms in total. The van der Waals surface area contributed by atoms with Crippen LogP contribution in [0.5, 0.6) is 0 Å². The molecular formula is C38H28IrN4S. The molecule has 1 aliphatic rings. The van der Waals surface area contributed by atoms with Crippen LogP contribution in [0.15, 0.2) is 116 Å². The fraction of sp³-hybridized carbons (Fsp3) is 0.0789. The number of fused-ring (bicyclic) bond motifs is 4. The Labute approximate surface area is 274 Å². The first-order chi connectivity index (χ1) is 21.0. The molecule has 0 atom stereocenters. The molecule has 1 radical (unpaired) electrons. The Bertz CT molecular complexity index is 2200. The summed E-state index contributed by atoms with van der Waals surface area (Å²) in [6.45, 7) is 6.24. The molecule has 0 fully saturated rings. The third kappa shape index (κ3) is 5.69. The van der Waals surface area contributed by atoms with Crippen molar-refractivity contribution in [2.24, 2.45) is 0 Å². The van der Waals surface area contributed by atoms with Crippen LogP contribution in [0.4, 0.5) is 22.7 Å². The number of benzene rings is 4. The van der Waals surface area contributed by atoms with E-state index in [-0.39, 0.29) is 20.1 Å². The number of hydrogen-bond donors (Lipinski definition) is 0. The first-order valence-corrected chi connectivity index (χ1v) is 15.0. The van der Waals surface area contributed by atoms with E-state index in [4.69, 9.17) is 0 Å². The van der Waals surface area contributed by atoms with Gasteiger partial charge in [-0.25, -0.2) is 4.98 Å². The molecule has 0 spiro atoms. The minimum Gasteiger partial charge on any atom is -0.304 e. The van der Waals surface area contributed by atoms with Gasteiger partial charge in [0.2, 0.25) is 5.69 Å². The van der Waals surface area contributed by atoms with E-state index in [1.54, 1.807) is 11.3 Å². The second kappa shape index (κ2) is 12.6. The molecule has 4 heterocycles. The van der Waals surface area contributed by atoms with Crippen LogP contribution in [0, 0.1) is 32.9 Å². The predicted molar refractivity (Wildman–Crippen MR) is 179 cm³/mol. The zero-order chi connectivity index (χ0) is 29.3. The summed E-state index contributed by atoms with van der Waals surface area (Å²) in [5.41, 5.74) is 10.1. The van der Waals surface area contributed by atoms with Crippen molar-refractivity contribution in [2.45, 2.75) is 20.8 Å². The molecule has 0 N–H and O–H groups in total. The average molecular weight is 765 g/mol. The van der Waals surface area contributed by atoms with Crippen molar-refractivity contribution in [2.75, 3.05) is 0 Å². The zero-order valence-electron chi connectivity index (χ0n) is 24.5. The normalized spacial score (nSPS) is 11.7. The average Bonchev–Trinajstić information content (AvgIpc) is 3.62. The van der Waals surface area contributed by atoms with Crippen molar-refractivity contribution >= 4 is 60.4 Å². The third-order valence-electron chi connectivity index (χ3n) is 7.60. The van der Waals surface area contributed by atoms with E-state index in [1.165, 1.54) is 32.2 Å². The maximum absolute atomic E-state index is 4.50. The van der Waals surface area contributed by atoms with Crippen molar-refractivity contribution in [3.05, 3.63) is 144 Å². The minimum absolute atomic E-state index is 0. The summed E-state index contributed by atoms with van der Waals surface area (Å²) in [7, 11) is 0.